The molecule has 0 heterocycles. The van der Waals surface area contributed by atoms with Crippen LogP contribution < -0.4 is 10.2 Å². The molecule has 1 aromatic rings. The number of halogens is 5. The largest absolute Gasteiger partial charge is 0.508 e. The van der Waals surface area contributed by atoms with Crippen molar-refractivity contribution in [1.82, 2.24) is 5.48 Å². The van der Waals surface area contributed by atoms with E-state index in [0.717, 1.165) is 19.3 Å². The van der Waals surface area contributed by atoms with Crippen molar-refractivity contribution >= 4 is 58.0 Å². The van der Waals surface area contributed by atoms with Gasteiger partial charge in [-0.3, -0.25) is 10.3 Å². The van der Waals surface area contributed by atoms with Crippen molar-refractivity contribution in [3.8, 4) is 11.5 Å². The van der Waals surface area contributed by atoms with Crippen molar-refractivity contribution in [3.05, 3.63) is 34.6 Å². The van der Waals surface area contributed by atoms with Crippen molar-refractivity contribution in [2.24, 2.45) is 0 Å². The number of benzene rings is 1. The van der Waals surface area contributed by atoms with Crippen LogP contribution in [0.5, 0.6) is 11.5 Å². The van der Waals surface area contributed by atoms with Crippen molar-refractivity contribution in [3.63, 3.8) is 0 Å². The van der Waals surface area contributed by atoms with Crippen LogP contribution in [0.4, 0.5) is 0 Å². The van der Waals surface area contributed by atoms with Gasteiger partial charge in [0, 0.05) is 12.1 Å². The van der Waals surface area contributed by atoms with E-state index in [1.54, 1.807) is 0 Å². The molecule has 10 heteroatoms. The Labute approximate surface area is 171 Å². The summed E-state index contributed by atoms with van der Waals surface area (Å²) in [6.07, 6.45) is 5.46. The molecule has 0 bridgehead atoms. The number of phenolic OH excluding ortho intramolecular Hbond substituents is 1. The molecule has 0 aromatic heterocycles. The minimum Gasteiger partial charge on any atom is -0.508 e. The van der Waals surface area contributed by atoms with E-state index in [-0.39, 0.29) is 22.4 Å². The van der Waals surface area contributed by atoms with E-state index in [4.69, 9.17) is 72.3 Å². The molecule has 2 N–H and O–H groups in total. The number of aromatic hydroxyl groups is 1. The van der Waals surface area contributed by atoms with Gasteiger partial charge in [0.1, 0.15) is 18.6 Å². The third-order valence-corrected chi connectivity index (χ3v) is 3.58. The average Bonchev–Trinajstić information content (AvgIpc) is 2.49. The van der Waals surface area contributed by atoms with Gasteiger partial charge in [-0.05, 0) is 19.3 Å². The van der Waals surface area contributed by atoms with Gasteiger partial charge in [0.05, 0.1) is 29.5 Å². The molecule has 0 radical (unpaired) electrons. The highest BCUT2D eigenvalue weighted by atomic mass is 35.6. The number of alkyl halides is 3. The predicted octanol–water partition coefficient (Wildman–Crippen LogP) is 5.63. The summed E-state index contributed by atoms with van der Waals surface area (Å²) in [6.45, 7) is 0.924. The first kappa shape index (κ1) is 22.6. The molecule has 1 rings (SSSR count). The van der Waals surface area contributed by atoms with Gasteiger partial charge < -0.3 is 14.6 Å². The van der Waals surface area contributed by atoms with Crippen LogP contribution in [0.25, 0.3) is 0 Å². The predicted molar refractivity (Wildman–Crippen MR) is 102 cm³/mol. The van der Waals surface area contributed by atoms with Crippen molar-refractivity contribution < 1.29 is 19.4 Å². The molecule has 25 heavy (non-hydrogen) atoms. The van der Waals surface area contributed by atoms with Crippen molar-refractivity contribution in [2.75, 3.05) is 19.8 Å². The second-order valence-corrected chi connectivity index (χ2v) is 8.17. The monoisotopic (exact) mass is 451 g/mol. The van der Waals surface area contributed by atoms with Gasteiger partial charge in [-0.15, -0.1) is 0 Å². The summed E-state index contributed by atoms with van der Waals surface area (Å²) in [5, 5.41) is 9.90. The summed E-state index contributed by atoms with van der Waals surface area (Å²) in [5.41, 5.74) is 2.46. The molecule has 142 valence electrons. The van der Waals surface area contributed by atoms with Gasteiger partial charge in [0.2, 0.25) is 3.79 Å². The van der Waals surface area contributed by atoms with E-state index in [1.807, 2.05) is 0 Å². The lowest BCUT2D eigenvalue weighted by Crippen LogP contribution is -2.18. The smallest absolute Gasteiger partial charge is 0.216 e. The Morgan fingerprint density at radius 3 is 2.32 bits per heavy atom. The third kappa shape index (κ3) is 11.0. The highest BCUT2D eigenvalue weighted by molar-refractivity contribution is 6.67. The van der Waals surface area contributed by atoms with Crippen LogP contribution in [0, 0.1) is 0 Å². The Kier molecular flexibility index (Phi) is 10.9. The van der Waals surface area contributed by atoms with Gasteiger partial charge in [-0.25, -0.2) is 0 Å². The quantitative estimate of drug-likeness (QED) is 0.197. The number of nitrogens with one attached hydrogen (secondary N) is 1. The van der Waals surface area contributed by atoms with Gasteiger partial charge in [-0.2, -0.15) is 0 Å². The van der Waals surface area contributed by atoms with Crippen molar-refractivity contribution in [2.45, 2.75) is 23.1 Å². The topological polar surface area (TPSA) is 60.0 Å². The van der Waals surface area contributed by atoms with Crippen LogP contribution in [-0.2, 0) is 9.57 Å². The fourth-order valence-corrected chi connectivity index (χ4v) is 2.39. The number of hydrogen-bond acceptors (Lipinski definition) is 5. The zero-order chi connectivity index (χ0) is 18.7. The fourth-order valence-electron chi connectivity index (χ4n) is 1.64. The lowest BCUT2D eigenvalue weighted by Gasteiger charge is -2.10. The third-order valence-electron chi connectivity index (χ3n) is 2.69. The number of hydroxylamine groups is 1. The molecule has 5 nitrogen and oxygen atoms in total. The van der Waals surface area contributed by atoms with Crippen molar-refractivity contribution in [1.29, 1.82) is 0 Å². The maximum absolute atomic E-state index is 9.34. The van der Waals surface area contributed by atoms with E-state index in [2.05, 4.69) is 5.48 Å². The van der Waals surface area contributed by atoms with E-state index in [0.29, 0.717) is 19.0 Å². The number of rotatable bonds is 11. The number of phenols is 1. The molecule has 0 fully saturated rings. The van der Waals surface area contributed by atoms with Gasteiger partial charge >= 0.3 is 0 Å². The molecule has 1 aromatic carbocycles. The van der Waals surface area contributed by atoms with Crippen LogP contribution in [-0.4, -0.2) is 28.7 Å². The lowest BCUT2D eigenvalue weighted by molar-refractivity contribution is 0.0726. The summed E-state index contributed by atoms with van der Waals surface area (Å²) >= 11 is 28.4. The van der Waals surface area contributed by atoms with Crippen LogP contribution in [0.2, 0.25) is 10.0 Å². The molecular formula is C15H18Cl5NO4. The molecule has 0 saturated heterocycles. The van der Waals surface area contributed by atoms with Crippen LogP contribution in [0.15, 0.2) is 24.6 Å². The Morgan fingerprint density at radius 2 is 1.68 bits per heavy atom. The summed E-state index contributed by atoms with van der Waals surface area (Å²) in [7, 11) is 0. The van der Waals surface area contributed by atoms with Crippen LogP contribution >= 0.6 is 58.0 Å². The minimum absolute atomic E-state index is 0.000242. The van der Waals surface area contributed by atoms with E-state index < -0.39 is 3.79 Å². The first-order valence-electron chi connectivity index (χ1n) is 7.31. The maximum Gasteiger partial charge on any atom is 0.216 e. The standard InChI is InChI=1S/C15H18Cl5NO4/c16-12-8-11(22)9-13(17)14(12)24-6-3-1-2-5-23-7-4-21-25-10-15(18,19)20/h4,7-9,21-22H,1-3,5-6,10H2. The second-order valence-electron chi connectivity index (χ2n) is 4.84. The lowest BCUT2D eigenvalue weighted by atomic mass is 10.2. The Hall–Kier alpha value is -0.430. The highest BCUT2D eigenvalue weighted by Crippen LogP contribution is 2.36. The summed E-state index contributed by atoms with van der Waals surface area (Å²) < 4.78 is 9.32. The number of unbranched alkanes of at least 4 members (excludes halogenated alkanes) is 2. The second kappa shape index (κ2) is 12.0. The van der Waals surface area contributed by atoms with E-state index in [1.165, 1.54) is 24.6 Å². The zero-order valence-corrected chi connectivity index (χ0v) is 16.9. The molecule has 0 aliphatic rings. The summed E-state index contributed by atoms with van der Waals surface area (Å²) in [5.74, 6) is 0.376. The fraction of sp³-hybridized carbons (Fsp3) is 0.467. The molecule has 0 unspecified atom stereocenters. The first-order chi connectivity index (χ1) is 11.8. The molecule has 0 aliphatic heterocycles. The molecular weight excluding hydrogens is 435 g/mol. The normalized spacial score (nSPS) is 11.7. The zero-order valence-electron chi connectivity index (χ0n) is 13.1. The number of ether oxygens (including phenoxy) is 2. The van der Waals surface area contributed by atoms with Gasteiger partial charge in [0.15, 0.2) is 5.75 Å². The molecule has 0 aliphatic carbocycles. The molecule has 0 amide bonds. The highest BCUT2D eigenvalue weighted by Gasteiger charge is 2.19. The number of hydrogen-bond donors (Lipinski definition) is 2. The van der Waals surface area contributed by atoms with Gasteiger partial charge in [0.25, 0.3) is 0 Å². The van der Waals surface area contributed by atoms with E-state index in [9.17, 15) is 5.11 Å². The summed E-state index contributed by atoms with van der Waals surface area (Å²) in [4.78, 5) is 4.86. The molecule has 0 atom stereocenters. The summed E-state index contributed by atoms with van der Waals surface area (Å²) in [6, 6.07) is 2.77. The Bertz CT molecular complexity index is 528. The van der Waals surface area contributed by atoms with Gasteiger partial charge in [-0.1, -0.05) is 58.0 Å². The maximum atomic E-state index is 9.34. The molecule has 0 saturated carbocycles. The van der Waals surface area contributed by atoms with Crippen LogP contribution in [0.1, 0.15) is 19.3 Å². The van der Waals surface area contributed by atoms with E-state index >= 15 is 0 Å². The first-order valence-corrected chi connectivity index (χ1v) is 9.20. The Balaban J connectivity index is 2.02. The SMILES string of the molecule is Oc1cc(Cl)c(OCCCCCOC=CNOCC(Cl)(Cl)Cl)c(Cl)c1. The van der Waals surface area contributed by atoms with Crippen LogP contribution in [0.3, 0.4) is 0 Å². The minimum atomic E-state index is -1.46. The Morgan fingerprint density at radius 1 is 1.04 bits per heavy atom. The average molecular weight is 454 g/mol. The molecule has 0 spiro atoms.